The van der Waals surface area contributed by atoms with Crippen LogP contribution in [0.3, 0.4) is 0 Å². The van der Waals surface area contributed by atoms with E-state index in [2.05, 4.69) is 60.8 Å². The van der Waals surface area contributed by atoms with Crippen molar-refractivity contribution in [2.24, 2.45) is 5.92 Å². The summed E-state index contributed by atoms with van der Waals surface area (Å²) < 4.78 is 15.5. The molecule has 1 saturated heterocycles. The number of thioether (sulfide) groups is 1. The van der Waals surface area contributed by atoms with Gasteiger partial charge in [-0.05, 0) is 46.0 Å². The van der Waals surface area contributed by atoms with Crippen LogP contribution in [-0.2, 0) is 27.4 Å². The number of fused-ring (bicyclic) bond motifs is 1. The molecule has 220 valence electrons. The summed E-state index contributed by atoms with van der Waals surface area (Å²) in [7, 11) is 0. The fourth-order valence-electron chi connectivity index (χ4n) is 5.30. The molecule has 0 spiro atoms. The minimum absolute atomic E-state index is 0.0109. The van der Waals surface area contributed by atoms with Crippen LogP contribution in [0.5, 0.6) is 0 Å². The Labute approximate surface area is 260 Å². The second-order valence-electron chi connectivity index (χ2n) is 10.8. The summed E-state index contributed by atoms with van der Waals surface area (Å²) in [4.78, 5) is 16.2. The van der Waals surface area contributed by atoms with Crippen molar-refractivity contribution in [1.82, 2.24) is 10.3 Å². The number of aliphatic hydroxyl groups is 1. The first-order valence-electron chi connectivity index (χ1n) is 14.4. The molecule has 6 nitrogen and oxygen atoms in total. The number of hydrogen-bond acceptors (Lipinski definition) is 7. The molecule has 43 heavy (non-hydrogen) atoms. The van der Waals surface area contributed by atoms with E-state index in [9.17, 15) is 9.90 Å². The van der Waals surface area contributed by atoms with Crippen LogP contribution in [0, 0.1) is 5.92 Å². The summed E-state index contributed by atoms with van der Waals surface area (Å²) >= 11 is 3.44. The number of hydrogen-bond donors (Lipinski definition) is 2. The third-order valence-corrected chi connectivity index (χ3v) is 10.0. The molecule has 1 aliphatic heterocycles. The Morgan fingerprint density at radius 2 is 1.67 bits per heavy atom. The van der Waals surface area contributed by atoms with Crippen molar-refractivity contribution in [3.05, 3.63) is 119 Å². The van der Waals surface area contributed by atoms with Gasteiger partial charge in [0, 0.05) is 30.7 Å². The Hall–Kier alpha value is -3.53. The second-order valence-corrected chi connectivity index (χ2v) is 13.1. The predicted molar refractivity (Wildman–Crippen MR) is 173 cm³/mol. The zero-order valence-electron chi connectivity index (χ0n) is 24.1. The van der Waals surface area contributed by atoms with Gasteiger partial charge in [0.05, 0.1) is 29.0 Å². The van der Waals surface area contributed by atoms with Gasteiger partial charge in [-0.3, -0.25) is 4.79 Å². The Morgan fingerprint density at radius 1 is 0.907 bits per heavy atom. The summed E-state index contributed by atoms with van der Waals surface area (Å²) in [6.45, 7) is 4.22. The lowest BCUT2D eigenvalue weighted by Gasteiger charge is -2.41. The Balaban J connectivity index is 1.23. The van der Waals surface area contributed by atoms with E-state index in [4.69, 9.17) is 14.5 Å². The van der Waals surface area contributed by atoms with Gasteiger partial charge in [0.15, 0.2) is 10.6 Å². The van der Waals surface area contributed by atoms with Crippen LogP contribution >= 0.6 is 23.1 Å². The summed E-state index contributed by atoms with van der Waals surface area (Å²) in [6, 6.07) is 32.7. The van der Waals surface area contributed by atoms with Crippen molar-refractivity contribution in [2.75, 3.05) is 5.75 Å². The minimum Gasteiger partial charge on any atom is -0.392 e. The molecular formula is C35H34N2O4S2. The molecule has 5 aromatic rings. The average molecular weight is 611 g/mol. The molecule has 1 aromatic heterocycles. The smallest absolute Gasteiger partial charge is 0.217 e. The van der Waals surface area contributed by atoms with Crippen LogP contribution in [0.4, 0.5) is 0 Å². The predicted octanol–water partition coefficient (Wildman–Crippen LogP) is 7.68. The number of nitrogens with one attached hydrogen (secondary N) is 1. The van der Waals surface area contributed by atoms with E-state index in [-0.39, 0.29) is 30.6 Å². The van der Waals surface area contributed by atoms with Crippen LogP contribution in [0.15, 0.2) is 101 Å². The van der Waals surface area contributed by atoms with Crippen molar-refractivity contribution < 1.29 is 19.4 Å². The van der Waals surface area contributed by atoms with Gasteiger partial charge in [0.2, 0.25) is 5.91 Å². The first-order chi connectivity index (χ1) is 21.0. The Morgan fingerprint density at radius 3 is 2.42 bits per heavy atom. The van der Waals surface area contributed by atoms with E-state index >= 15 is 0 Å². The lowest BCUT2D eigenvalue weighted by atomic mass is 9.91. The van der Waals surface area contributed by atoms with E-state index < -0.39 is 6.29 Å². The van der Waals surface area contributed by atoms with Crippen molar-refractivity contribution in [2.45, 2.75) is 49.8 Å². The zero-order chi connectivity index (χ0) is 29.8. The molecule has 1 fully saturated rings. The number of ether oxygens (including phenoxy) is 2. The first-order valence-corrected chi connectivity index (χ1v) is 16.2. The van der Waals surface area contributed by atoms with Crippen molar-refractivity contribution >= 4 is 39.2 Å². The van der Waals surface area contributed by atoms with Gasteiger partial charge in [-0.25, -0.2) is 4.98 Å². The number of amides is 1. The SMILES string of the molecule is CC(=O)NCc1cccc(-c2ccc([C@@H]3O[C@H](CSc4nc5ccccc5s4)[C@H](C)[C@H](c4ccc(CO)cc4)O3)cc2)c1. The fourth-order valence-corrected chi connectivity index (χ4v) is 7.55. The zero-order valence-corrected chi connectivity index (χ0v) is 25.7. The van der Waals surface area contributed by atoms with Crippen LogP contribution in [0.25, 0.3) is 21.3 Å². The third kappa shape index (κ3) is 7.00. The van der Waals surface area contributed by atoms with Crippen molar-refractivity contribution in [3.63, 3.8) is 0 Å². The van der Waals surface area contributed by atoms with E-state index in [0.717, 1.165) is 49.0 Å². The van der Waals surface area contributed by atoms with Gasteiger partial charge >= 0.3 is 0 Å². The molecule has 8 heteroatoms. The number of aromatic nitrogens is 1. The van der Waals surface area contributed by atoms with Crippen LogP contribution in [0.2, 0.25) is 0 Å². The summed E-state index contributed by atoms with van der Waals surface area (Å²) in [5.41, 5.74) is 7.14. The van der Waals surface area contributed by atoms with E-state index in [1.807, 2.05) is 48.5 Å². The minimum atomic E-state index is -0.528. The highest BCUT2D eigenvalue weighted by Crippen LogP contribution is 2.43. The number of aliphatic hydroxyl groups excluding tert-OH is 1. The molecule has 0 unspecified atom stereocenters. The molecular weight excluding hydrogens is 577 g/mol. The highest BCUT2D eigenvalue weighted by atomic mass is 32.2. The maximum Gasteiger partial charge on any atom is 0.217 e. The molecule has 0 bridgehead atoms. The number of carbonyl (C=O) groups excluding carboxylic acids is 1. The third-order valence-electron chi connectivity index (χ3n) is 7.75. The van der Waals surface area contributed by atoms with Crippen molar-refractivity contribution in [3.8, 4) is 11.1 Å². The van der Waals surface area contributed by atoms with E-state index in [0.29, 0.717) is 6.54 Å². The molecule has 1 aliphatic rings. The number of carbonyl (C=O) groups is 1. The van der Waals surface area contributed by atoms with Gasteiger partial charge in [0.25, 0.3) is 0 Å². The molecule has 1 amide bonds. The molecule has 2 heterocycles. The quantitative estimate of drug-likeness (QED) is 0.167. The molecule has 4 aromatic carbocycles. The van der Waals surface area contributed by atoms with Crippen LogP contribution in [-0.4, -0.2) is 27.9 Å². The molecule has 0 aliphatic carbocycles. The molecule has 2 N–H and O–H groups in total. The van der Waals surface area contributed by atoms with Crippen LogP contribution in [0.1, 0.15) is 48.5 Å². The van der Waals surface area contributed by atoms with E-state index in [1.54, 1.807) is 23.1 Å². The lowest BCUT2D eigenvalue weighted by molar-refractivity contribution is -0.268. The molecule has 0 saturated carbocycles. The summed E-state index contributed by atoms with van der Waals surface area (Å²) in [6.07, 6.45) is -0.763. The standard InChI is InChI=1S/C35H34N2O4S2/c1-22-31(21-42-35-37-30-8-3-4-9-32(30)43-35)40-34(41-33(22)27-12-10-24(20-38)11-13-27)28-16-14-26(15-17-28)29-7-5-6-25(18-29)19-36-23(2)39/h3-18,22,31,33-34,38H,19-21H2,1-2H3,(H,36,39)/t22-,31+,33+,34+/m0/s1. The second kappa shape index (κ2) is 13.4. The summed E-state index contributed by atoms with van der Waals surface area (Å²) in [5, 5.41) is 12.4. The van der Waals surface area contributed by atoms with Crippen molar-refractivity contribution in [1.29, 1.82) is 0 Å². The monoisotopic (exact) mass is 610 g/mol. The fraction of sp³-hybridized carbons (Fsp3) is 0.257. The number of thiazole rings is 1. The highest BCUT2D eigenvalue weighted by molar-refractivity contribution is 8.01. The van der Waals surface area contributed by atoms with Gasteiger partial charge < -0.3 is 19.9 Å². The van der Waals surface area contributed by atoms with E-state index in [1.165, 1.54) is 11.6 Å². The molecule has 4 atom stereocenters. The first kappa shape index (κ1) is 29.5. The van der Waals surface area contributed by atoms with Gasteiger partial charge in [0.1, 0.15) is 0 Å². The topological polar surface area (TPSA) is 80.7 Å². The Kier molecular flexibility index (Phi) is 9.21. The number of nitrogens with zero attached hydrogens (tertiary/aromatic N) is 1. The number of rotatable bonds is 9. The van der Waals surface area contributed by atoms with Gasteiger partial charge in [-0.15, -0.1) is 11.3 Å². The summed E-state index contributed by atoms with van der Waals surface area (Å²) in [5.74, 6) is 0.810. The largest absolute Gasteiger partial charge is 0.392 e. The lowest BCUT2D eigenvalue weighted by Crippen LogP contribution is -2.38. The number of para-hydroxylation sites is 1. The normalized spacial score (nSPS) is 20.3. The molecule has 6 rings (SSSR count). The van der Waals surface area contributed by atoms with Gasteiger partial charge in [-0.1, -0.05) is 97.5 Å². The average Bonchev–Trinajstić information content (AvgIpc) is 3.47. The Bertz CT molecular complexity index is 1650. The molecule has 0 radical (unpaired) electrons. The number of benzene rings is 4. The highest BCUT2D eigenvalue weighted by Gasteiger charge is 2.38. The maximum absolute atomic E-state index is 11.3. The van der Waals surface area contributed by atoms with Crippen LogP contribution < -0.4 is 5.32 Å². The van der Waals surface area contributed by atoms with Gasteiger partial charge in [-0.2, -0.15) is 0 Å². The maximum atomic E-state index is 11.3.